The number of hydrogen-bond acceptors (Lipinski definition) is 9. The predicted molar refractivity (Wildman–Crippen MR) is 123 cm³/mol. The summed E-state index contributed by atoms with van der Waals surface area (Å²) in [5.74, 6) is -1.93. The summed E-state index contributed by atoms with van der Waals surface area (Å²) in [6.07, 6.45) is 0.999. The van der Waals surface area contributed by atoms with E-state index in [4.69, 9.17) is 18.9 Å². The number of esters is 4. The van der Waals surface area contributed by atoms with Gasteiger partial charge in [-0.05, 0) is 48.2 Å². The van der Waals surface area contributed by atoms with E-state index in [-0.39, 0.29) is 35.3 Å². The highest BCUT2D eigenvalue weighted by molar-refractivity contribution is 5.77. The van der Waals surface area contributed by atoms with E-state index in [2.05, 4.69) is 5.32 Å². The van der Waals surface area contributed by atoms with Gasteiger partial charge >= 0.3 is 23.9 Å². The predicted octanol–water partition coefficient (Wildman–Crippen LogP) is 2.68. The number of carbonyl (C=O) groups is 5. The molecule has 0 unspecified atom stereocenters. The van der Waals surface area contributed by atoms with Crippen molar-refractivity contribution in [3.05, 3.63) is 47.5 Å². The molecular formula is C25H27NO9. The van der Waals surface area contributed by atoms with Crippen LogP contribution in [-0.4, -0.2) is 36.3 Å². The quantitative estimate of drug-likeness (QED) is 0.398. The van der Waals surface area contributed by atoms with Crippen LogP contribution in [0.5, 0.6) is 23.0 Å². The van der Waals surface area contributed by atoms with E-state index in [1.165, 1.54) is 39.8 Å². The molecule has 2 aromatic carbocycles. The van der Waals surface area contributed by atoms with Crippen molar-refractivity contribution in [3.63, 3.8) is 0 Å². The third-order valence-electron chi connectivity index (χ3n) is 4.41. The minimum atomic E-state index is -0.564. The molecule has 0 aromatic heterocycles. The van der Waals surface area contributed by atoms with Crippen LogP contribution >= 0.6 is 0 Å². The lowest BCUT2D eigenvalue weighted by Crippen LogP contribution is -2.25. The molecule has 1 amide bonds. The van der Waals surface area contributed by atoms with Crippen molar-refractivity contribution in [3.8, 4) is 23.0 Å². The Hall–Kier alpha value is -4.21. The van der Waals surface area contributed by atoms with Crippen LogP contribution in [0.15, 0.2) is 36.4 Å². The van der Waals surface area contributed by atoms with E-state index in [9.17, 15) is 24.0 Å². The monoisotopic (exact) mass is 485 g/mol. The molecule has 186 valence electrons. The number of hydrogen-bond donors (Lipinski definition) is 1. The van der Waals surface area contributed by atoms with Crippen molar-refractivity contribution < 1.29 is 42.9 Å². The summed E-state index contributed by atoms with van der Waals surface area (Å²) in [5.41, 5.74) is 1.49. The zero-order valence-corrected chi connectivity index (χ0v) is 20.0. The Labute approximate surface area is 202 Å². The van der Waals surface area contributed by atoms with Crippen LogP contribution in [0.4, 0.5) is 0 Å². The highest BCUT2D eigenvalue weighted by atomic mass is 16.6. The maximum atomic E-state index is 12.3. The molecule has 0 aliphatic heterocycles. The van der Waals surface area contributed by atoms with Crippen LogP contribution in [0.25, 0.3) is 0 Å². The van der Waals surface area contributed by atoms with Crippen LogP contribution < -0.4 is 24.3 Å². The molecule has 0 heterocycles. The molecule has 0 aliphatic carbocycles. The van der Waals surface area contributed by atoms with Crippen LogP contribution in [0.1, 0.15) is 45.2 Å². The zero-order chi connectivity index (χ0) is 26.0. The molecule has 1 N–H and O–H groups in total. The van der Waals surface area contributed by atoms with Gasteiger partial charge in [0.25, 0.3) is 0 Å². The maximum Gasteiger partial charge on any atom is 0.308 e. The fourth-order valence-electron chi connectivity index (χ4n) is 3.06. The van der Waals surface area contributed by atoms with Gasteiger partial charge in [-0.15, -0.1) is 0 Å². The SMILES string of the molecule is CC(=O)Oc1ccc(CCNC(=O)CCc2ccc(OC(C)=O)c(OC(C)=O)c2)cc1OC(C)=O. The Morgan fingerprint density at radius 1 is 0.600 bits per heavy atom. The fraction of sp³-hybridized carbons (Fsp3) is 0.320. The van der Waals surface area contributed by atoms with Crippen molar-refractivity contribution in [1.82, 2.24) is 5.32 Å². The van der Waals surface area contributed by atoms with Gasteiger partial charge in [0.2, 0.25) is 5.91 Å². The summed E-state index contributed by atoms with van der Waals surface area (Å²) in [6, 6.07) is 9.55. The molecule has 0 spiro atoms. The van der Waals surface area contributed by atoms with Gasteiger partial charge in [0.15, 0.2) is 23.0 Å². The van der Waals surface area contributed by atoms with Gasteiger partial charge in [0.1, 0.15) is 0 Å². The lowest BCUT2D eigenvalue weighted by Gasteiger charge is -2.12. The molecule has 0 fully saturated rings. The van der Waals surface area contributed by atoms with Gasteiger partial charge in [-0.3, -0.25) is 24.0 Å². The minimum Gasteiger partial charge on any atom is -0.423 e. The number of rotatable bonds is 10. The van der Waals surface area contributed by atoms with E-state index in [1.54, 1.807) is 24.3 Å². The Balaban J connectivity index is 1.92. The third kappa shape index (κ3) is 9.66. The van der Waals surface area contributed by atoms with Gasteiger partial charge in [-0.25, -0.2) is 0 Å². The van der Waals surface area contributed by atoms with Crippen LogP contribution in [0.3, 0.4) is 0 Å². The first-order valence-corrected chi connectivity index (χ1v) is 10.8. The van der Waals surface area contributed by atoms with E-state index in [1.807, 2.05) is 0 Å². The van der Waals surface area contributed by atoms with Crippen LogP contribution in [-0.2, 0) is 36.8 Å². The first-order chi connectivity index (χ1) is 16.5. The molecule has 0 saturated carbocycles. The average Bonchev–Trinajstić information content (AvgIpc) is 2.74. The molecule has 0 bridgehead atoms. The molecule has 0 saturated heterocycles. The second kappa shape index (κ2) is 12.9. The number of carbonyl (C=O) groups excluding carboxylic acids is 5. The normalized spacial score (nSPS) is 10.2. The van der Waals surface area contributed by atoms with Crippen molar-refractivity contribution in [2.75, 3.05) is 6.54 Å². The summed E-state index contributed by atoms with van der Waals surface area (Å²) in [6.45, 7) is 5.28. The summed E-state index contributed by atoms with van der Waals surface area (Å²) in [4.78, 5) is 57.4. The van der Waals surface area contributed by atoms with Crippen molar-refractivity contribution in [2.45, 2.75) is 47.0 Å². The molecule has 0 aliphatic rings. The highest BCUT2D eigenvalue weighted by Crippen LogP contribution is 2.30. The Morgan fingerprint density at radius 3 is 1.43 bits per heavy atom. The van der Waals surface area contributed by atoms with E-state index < -0.39 is 23.9 Å². The fourth-order valence-corrected chi connectivity index (χ4v) is 3.06. The van der Waals surface area contributed by atoms with E-state index in [0.717, 1.165) is 11.1 Å². The van der Waals surface area contributed by atoms with E-state index >= 15 is 0 Å². The van der Waals surface area contributed by atoms with Crippen LogP contribution in [0, 0.1) is 0 Å². The van der Waals surface area contributed by atoms with Gasteiger partial charge < -0.3 is 24.3 Å². The third-order valence-corrected chi connectivity index (χ3v) is 4.41. The first kappa shape index (κ1) is 27.0. The topological polar surface area (TPSA) is 134 Å². The second-order valence-electron chi connectivity index (χ2n) is 7.54. The number of amides is 1. The second-order valence-corrected chi connectivity index (χ2v) is 7.54. The summed E-state index contributed by atoms with van der Waals surface area (Å²) >= 11 is 0. The molecule has 0 radical (unpaired) electrons. The molecule has 2 rings (SSSR count). The van der Waals surface area contributed by atoms with E-state index in [0.29, 0.717) is 19.4 Å². The van der Waals surface area contributed by atoms with Gasteiger partial charge in [0.05, 0.1) is 0 Å². The molecule has 35 heavy (non-hydrogen) atoms. The smallest absolute Gasteiger partial charge is 0.308 e. The molecule has 10 nitrogen and oxygen atoms in total. The summed E-state index contributed by atoms with van der Waals surface area (Å²) < 4.78 is 20.3. The van der Waals surface area contributed by atoms with Crippen molar-refractivity contribution in [2.24, 2.45) is 0 Å². The molecule has 2 aromatic rings. The standard InChI is InChI=1S/C25H27NO9/c1-15(27)32-21-8-5-19(13-23(21)34-17(3)29)7-10-25(31)26-12-11-20-6-9-22(33-16(2)28)24(14-20)35-18(4)30/h5-6,8-9,13-14H,7,10-12H2,1-4H3,(H,26,31). The van der Waals surface area contributed by atoms with Gasteiger partial charge in [-0.1, -0.05) is 12.1 Å². The summed E-state index contributed by atoms with van der Waals surface area (Å²) in [5, 5.41) is 2.81. The van der Waals surface area contributed by atoms with Gasteiger partial charge in [-0.2, -0.15) is 0 Å². The minimum absolute atomic E-state index is 0.103. The van der Waals surface area contributed by atoms with Crippen molar-refractivity contribution >= 4 is 29.8 Å². The number of nitrogens with one attached hydrogen (secondary N) is 1. The molecular weight excluding hydrogens is 458 g/mol. The van der Waals surface area contributed by atoms with Crippen molar-refractivity contribution in [1.29, 1.82) is 0 Å². The molecule has 0 atom stereocenters. The molecule has 10 heteroatoms. The maximum absolute atomic E-state index is 12.3. The first-order valence-electron chi connectivity index (χ1n) is 10.8. The zero-order valence-electron chi connectivity index (χ0n) is 20.0. The Bertz CT molecular complexity index is 1120. The van der Waals surface area contributed by atoms with Crippen LogP contribution in [0.2, 0.25) is 0 Å². The lowest BCUT2D eigenvalue weighted by molar-refractivity contribution is -0.134. The highest BCUT2D eigenvalue weighted by Gasteiger charge is 2.13. The Morgan fingerprint density at radius 2 is 1.00 bits per heavy atom. The Kier molecular flexibility index (Phi) is 9.95. The number of aryl methyl sites for hydroxylation is 1. The number of benzene rings is 2. The van der Waals surface area contributed by atoms with Gasteiger partial charge in [0, 0.05) is 40.7 Å². The average molecular weight is 485 g/mol. The lowest BCUT2D eigenvalue weighted by atomic mass is 10.1. The number of ether oxygens (including phenoxy) is 4. The largest absolute Gasteiger partial charge is 0.423 e. The summed E-state index contributed by atoms with van der Waals surface area (Å²) in [7, 11) is 0.